The zero-order valence-corrected chi connectivity index (χ0v) is 12.6. The average Bonchev–Trinajstić information content (AvgIpc) is 2.61. The van der Waals surface area contributed by atoms with Gasteiger partial charge in [0.25, 0.3) is 0 Å². The maximum atomic E-state index is 6.33. The quantitative estimate of drug-likeness (QED) is 0.801. The number of hydrogen-bond donors (Lipinski definition) is 1. The summed E-state index contributed by atoms with van der Waals surface area (Å²) in [5.41, 5.74) is 10.1. The van der Waals surface area contributed by atoms with Crippen LogP contribution in [0.1, 0.15) is 11.1 Å². The first-order chi connectivity index (χ1) is 9.65. The third-order valence-corrected chi connectivity index (χ3v) is 4.35. The average molecular weight is 307 g/mol. The second-order valence-corrected chi connectivity index (χ2v) is 5.90. The van der Waals surface area contributed by atoms with Gasteiger partial charge in [0.15, 0.2) is 0 Å². The number of benzene rings is 2. The van der Waals surface area contributed by atoms with Gasteiger partial charge in [-0.15, -0.1) is 0 Å². The van der Waals surface area contributed by atoms with E-state index >= 15 is 0 Å². The van der Waals surface area contributed by atoms with E-state index in [-0.39, 0.29) is 0 Å². The van der Waals surface area contributed by atoms with Crippen LogP contribution in [0.5, 0.6) is 0 Å². The summed E-state index contributed by atoms with van der Waals surface area (Å²) in [6.45, 7) is 1.83. The molecule has 0 amide bonds. The molecule has 2 aromatic rings. The molecule has 2 aromatic carbocycles. The molecule has 3 rings (SSSR count). The first kappa shape index (κ1) is 13.6. The van der Waals surface area contributed by atoms with Crippen molar-refractivity contribution in [2.24, 2.45) is 0 Å². The SMILES string of the molecule is Nc1cc(Cl)c(N2CCc3ccccc3CC2)c(Cl)c1. The molecule has 2 N–H and O–H groups in total. The molecule has 0 atom stereocenters. The lowest BCUT2D eigenvalue weighted by Crippen LogP contribution is -2.26. The number of halogens is 2. The number of nitrogen functional groups attached to an aromatic ring is 1. The predicted molar refractivity (Wildman–Crippen MR) is 86.9 cm³/mol. The Morgan fingerprint density at radius 1 is 0.900 bits per heavy atom. The molecule has 0 radical (unpaired) electrons. The van der Waals surface area contributed by atoms with E-state index in [0.29, 0.717) is 15.7 Å². The van der Waals surface area contributed by atoms with Gasteiger partial charge in [-0.1, -0.05) is 47.5 Å². The maximum Gasteiger partial charge on any atom is 0.0746 e. The summed E-state index contributed by atoms with van der Waals surface area (Å²) in [7, 11) is 0. The van der Waals surface area contributed by atoms with Gasteiger partial charge in [-0.05, 0) is 36.1 Å². The van der Waals surface area contributed by atoms with E-state index in [1.165, 1.54) is 11.1 Å². The molecule has 2 nitrogen and oxygen atoms in total. The highest BCUT2D eigenvalue weighted by Crippen LogP contribution is 2.36. The minimum absolute atomic E-state index is 0.599. The topological polar surface area (TPSA) is 29.3 Å². The molecule has 104 valence electrons. The van der Waals surface area contributed by atoms with Crippen molar-refractivity contribution >= 4 is 34.6 Å². The lowest BCUT2D eigenvalue weighted by atomic mass is 10.0. The van der Waals surface area contributed by atoms with Crippen LogP contribution in [0.25, 0.3) is 0 Å². The lowest BCUT2D eigenvalue weighted by molar-refractivity contribution is 0.806. The minimum atomic E-state index is 0.599. The molecule has 0 aliphatic carbocycles. The van der Waals surface area contributed by atoms with Gasteiger partial charge in [0.2, 0.25) is 0 Å². The Kier molecular flexibility index (Phi) is 3.77. The zero-order chi connectivity index (χ0) is 14.1. The number of anilines is 2. The van der Waals surface area contributed by atoms with Gasteiger partial charge in [0.05, 0.1) is 15.7 Å². The summed E-state index contributed by atoms with van der Waals surface area (Å²) in [6.07, 6.45) is 2.01. The van der Waals surface area contributed by atoms with E-state index < -0.39 is 0 Å². The van der Waals surface area contributed by atoms with E-state index in [1.807, 2.05) is 0 Å². The van der Waals surface area contributed by atoms with Crippen LogP contribution in [0.15, 0.2) is 36.4 Å². The van der Waals surface area contributed by atoms with Gasteiger partial charge in [0, 0.05) is 18.8 Å². The molecule has 0 unspecified atom stereocenters. The molecule has 1 heterocycles. The van der Waals surface area contributed by atoms with Crippen molar-refractivity contribution in [3.8, 4) is 0 Å². The normalized spacial score (nSPS) is 14.8. The second kappa shape index (κ2) is 5.55. The highest BCUT2D eigenvalue weighted by atomic mass is 35.5. The van der Waals surface area contributed by atoms with Crippen molar-refractivity contribution in [2.45, 2.75) is 12.8 Å². The van der Waals surface area contributed by atoms with Crippen LogP contribution < -0.4 is 10.6 Å². The standard InChI is InChI=1S/C16H16Cl2N2/c17-14-9-13(19)10-15(18)16(14)20-7-5-11-3-1-2-4-12(11)6-8-20/h1-4,9-10H,5-8,19H2. The van der Waals surface area contributed by atoms with Crippen molar-refractivity contribution in [1.82, 2.24) is 0 Å². The first-order valence-corrected chi connectivity index (χ1v) is 7.47. The Morgan fingerprint density at radius 2 is 1.40 bits per heavy atom. The van der Waals surface area contributed by atoms with Gasteiger partial charge in [0.1, 0.15) is 0 Å². The molecule has 0 aromatic heterocycles. The number of fused-ring (bicyclic) bond motifs is 1. The van der Waals surface area contributed by atoms with Gasteiger partial charge < -0.3 is 10.6 Å². The van der Waals surface area contributed by atoms with Crippen molar-refractivity contribution in [1.29, 1.82) is 0 Å². The molecule has 4 heteroatoms. The van der Waals surface area contributed by atoms with Gasteiger partial charge in [-0.3, -0.25) is 0 Å². The largest absolute Gasteiger partial charge is 0.399 e. The fourth-order valence-electron chi connectivity index (χ4n) is 2.78. The Balaban J connectivity index is 1.91. The summed E-state index contributed by atoms with van der Waals surface area (Å²) < 4.78 is 0. The Bertz CT molecular complexity index is 590. The van der Waals surface area contributed by atoms with Crippen LogP contribution in [0.4, 0.5) is 11.4 Å². The van der Waals surface area contributed by atoms with Crippen LogP contribution in [0.3, 0.4) is 0 Å². The Hall–Kier alpha value is -1.38. The van der Waals surface area contributed by atoms with Crippen LogP contribution in [0.2, 0.25) is 10.0 Å². The summed E-state index contributed by atoms with van der Waals surface area (Å²) in [5, 5.41) is 1.25. The summed E-state index contributed by atoms with van der Waals surface area (Å²) in [5.74, 6) is 0. The van der Waals surface area contributed by atoms with Crippen molar-refractivity contribution < 1.29 is 0 Å². The molecule has 0 bridgehead atoms. The smallest absolute Gasteiger partial charge is 0.0746 e. The summed E-state index contributed by atoms with van der Waals surface area (Å²) in [6, 6.07) is 12.1. The predicted octanol–water partition coefficient (Wildman–Crippen LogP) is 4.18. The lowest BCUT2D eigenvalue weighted by Gasteiger charge is -2.25. The van der Waals surface area contributed by atoms with Crippen molar-refractivity contribution in [3.63, 3.8) is 0 Å². The minimum Gasteiger partial charge on any atom is -0.399 e. The maximum absolute atomic E-state index is 6.33. The zero-order valence-electron chi connectivity index (χ0n) is 11.1. The molecule has 0 saturated carbocycles. The van der Waals surface area contributed by atoms with E-state index in [9.17, 15) is 0 Å². The molecular formula is C16H16Cl2N2. The Morgan fingerprint density at radius 3 is 1.90 bits per heavy atom. The third-order valence-electron chi connectivity index (χ3n) is 3.78. The van der Waals surface area contributed by atoms with E-state index in [2.05, 4.69) is 29.2 Å². The van der Waals surface area contributed by atoms with Gasteiger partial charge >= 0.3 is 0 Å². The van der Waals surface area contributed by atoms with Crippen LogP contribution in [0, 0.1) is 0 Å². The third kappa shape index (κ3) is 2.58. The summed E-state index contributed by atoms with van der Waals surface area (Å²) >= 11 is 12.7. The van der Waals surface area contributed by atoms with Gasteiger partial charge in [-0.25, -0.2) is 0 Å². The van der Waals surface area contributed by atoms with Crippen LogP contribution in [-0.2, 0) is 12.8 Å². The number of nitrogens with two attached hydrogens (primary N) is 1. The molecule has 0 spiro atoms. The summed E-state index contributed by atoms with van der Waals surface area (Å²) in [4.78, 5) is 2.25. The fraction of sp³-hybridized carbons (Fsp3) is 0.250. The fourth-order valence-corrected chi connectivity index (χ4v) is 3.52. The van der Waals surface area contributed by atoms with Gasteiger partial charge in [-0.2, -0.15) is 0 Å². The second-order valence-electron chi connectivity index (χ2n) is 5.09. The monoisotopic (exact) mass is 306 g/mol. The number of rotatable bonds is 1. The van der Waals surface area contributed by atoms with Crippen molar-refractivity contribution in [2.75, 3.05) is 23.7 Å². The highest BCUT2D eigenvalue weighted by molar-refractivity contribution is 6.39. The number of nitrogens with zero attached hydrogens (tertiary/aromatic N) is 1. The molecule has 1 aliphatic heterocycles. The van der Waals surface area contributed by atoms with E-state index in [0.717, 1.165) is 31.6 Å². The van der Waals surface area contributed by atoms with Crippen LogP contribution in [-0.4, -0.2) is 13.1 Å². The molecule has 0 saturated heterocycles. The number of hydrogen-bond acceptors (Lipinski definition) is 2. The molecule has 0 fully saturated rings. The molecule has 1 aliphatic rings. The highest BCUT2D eigenvalue weighted by Gasteiger charge is 2.18. The Labute approximate surface area is 129 Å². The van der Waals surface area contributed by atoms with Crippen LogP contribution >= 0.6 is 23.2 Å². The van der Waals surface area contributed by atoms with Crippen molar-refractivity contribution in [3.05, 3.63) is 57.6 Å². The van der Waals surface area contributed by atoms with E-state index in [4.69, 9.17) is 28.9 Å². The molecule has 20 heavy (non-hydrogen) atoms. The molecular weight excluding hydrogens is 291 g/mol. The first-order valence-electron chi connectivity index (χ1n) is 6.71. The van der Waals surface area contributed by atoms with E-state index in [1.54, 1.807) is 12.1 Å².